The van der Waals surface area contributed by atoms with Crippen molar-refractivity contribution in [3.63, 3.8) is 0 Å². The van der Waals surface area contributed by atoms with Crippen molar-refractivity contribution in [1.82, 2.24) is 5.32 Å². The van der Waals surface area contributed by atoms with Gasteiger partial charge in [0.1, 0.15) is 0 Å². The van der Waals surface area contributed by atoms with Gasteiger partial charge in [-0.2, -0.15) is 0 Å². The number of aliphatic hydroxyl groups is 1. The third-order valence-electron chi connectivity index (χ3n) is 7.74. The molecule has 2 amide bonds. The van der Waals surface area contributed by atoms with E-state index in [1.165, 1.54) is 7.11 Å². The molecule has 0 unspecified atom stereocenters. The van der Waals surface area contributed by atoms with Crippen LogP contribution in [0.2, 0.25) is 0 Å². The number of amides is 2. The minimum atomic E-state index is -0.739. The number of methoxy groups -OCH3 is 1. The summed E-state index contributed by atoms with van der Waals surface area (Å²) in [5, 5.41) is 14.6. The summed E-state index contributed by atoms with van der Waals surface area (Å²) in [6.45, 7) is 3.71. The Hall–Kier alpha value is -4.75. The standard InChI is InChI=1S/C36H43N3O9/c1-3-47-36-28(16-18-45-20-21-46-19-17-40)29(25-12-14-27(15-13-25)35(43)44-2)22-32(48-36)34(42)38-23-24-8-10-26(11-9-24)33(41)39-31-7-5-4-6-30(31)37/h4-15,22,28-29,36,40H,3,16-21,23,37H2,1-2H3,(H,38,42)(H,39,41)/t28-,29+,36+/m0/s1. The Kier molecular flexibility index (Phi) is 13.9. The summed E-state index contributed by atoms with van der Waals surface area (Å²) < 4.78 is 28.0. The average molecular weight is 662 g/mol. The summed E-state index contributed by atoms with van der Waals surface area (Å²) in [7, 11) is 1.33. The van der Waals surface area contributed by atoms with E-state index in [0.717, 1.165) is 11.1 Å². The number of esters is 1. The first kappa shape index (κ1) is 36.1. The number of aliphatic hydroxyl groups excluding tert-OH is 1. The van der Waals surface area contributed by atoms with E-state index in [4.69, 9.17) is 34.5 Å². The molecule has 0 aliphatic carbocycles. The van der Waals surface area contributed by atoms with E-state index in [1.807, 2.05) is 19.1 Å². The second-order valence-corrected chi connectivity index (χ2v) is 10.9. The lowest BCUT2D eigenvalue weighted by molar-refractivity contribution is -0.168. The van der Waals surface area contributed by atoms with Crippen LogP contribution < -0.4 is 16.4 Å². The van der Waals surface area contributed by atoms with Crippen molar-refractivity contribution in [3.8, 4) is 0 Å². The molecule has 1 heterocycles. The lowest BCUT2D eigenvalue weighted by Gasteiger charge is -2.37. The van der Waals surface area contributed by atoms with Gasteiger partial charge in [0.25, 0.3) is 11.8 Å². The Morgan fingerprint density at radius 1 is 0.875 bits per heavy atom. The molecule has 3 aromatic rings. The van der Waals surface area contributed by atoms with Crippen molar-refractivity contribution < 1.29 is 43.2 Å². The second-order valence-electron chi connectivity index (χ2n) is 10.9. The average Bonchev–Trinajstić information content (AvgIpc) is 3.11. The van der Waals surface area contributed by atoms with Crippen molar-refractivity contribution in [1.29, 1.82) is 0 Å². The molecule has 12 nitrogen and oxygen atoms in total. The van der Waals surface area contributed by atoms with Gasteiger partial charge in [0.2, 0.25) is 6.29 Å². The molecule has 3 atom stereocenters. The Morgan fingerprint density at radius 2 is 1.56 bits per heavy atom. The lowest BCUT2D eigenvalue weighted by Crippen LogP contribution is -2.39. The molecule has 0 spiro atoms. The maximum absolute atomic E-state index is 13.4. The van der Waals surface area contributed by atoms with Crippen molar-refractivity contribution in [2.75, 3.05) is 57.8 Å². The molecule has 256 valence electrons. The van der Waals surface area contributed by atoms with Gasteiger partial charge in [0.15, 0.2) is 5.76 Å². The van der Waals surface area contributed by atoms with Crippen LogP contribution in [-0.4, -0.2) is 75.9 Å². The number of ether oxygens (including phenoxy) is 5. The summed E-state index contributed by atoms with van der Waals surface area (Å²) in [4.78, 5) is 38.2. The quantitative estimate of drug-likeness (QED) is 0.0943. The molecule has 12 heteroatoms. The van der Waals surface area contributed by atoms with E-state index in [1.54, 1.807) is 66.7 Å². The van der Waals surface area contributed by atoms with Crippen LogP contribution >= 0.6 is 0 Å². The number of allylic oxidation sites excluding steroid dienone is 1. The molecule has 5 N–H and O–H groups in total. The minimum absolute atomic E-state index is 0.0510. The summed E-state index contributed by atoms with van der Waals surface area (Å²) in [5.41, 5.74) is 9.43. The van der Waals surface area contributed by atoms with Crippen molar-refractivity contribution in [2.24, 2.45) is 5.92 Å². The Morgan fingerprint density at radius 3 is 2.23 bits per heavy atom. The van der Waals surface area contributed by atoms with Gasteiger partial charge in [-0.1, -0.05) is 36.4 Å². The number of benzene rings is 3. The SMILES string of the molecule is CCO[C@@H]1OC(C(=O)NCc2ccc(C(=O)Nc3ccccc3N)cc2)=C[C@H](c2ccc(C(=O)OC)cc2)[C@@H]1CCOCCOCCO. The van der Waals surface area contributed by atoms with Crippen LogP contribution in [-0.2, 0) is 35.0 Å². The first-order chi connectivity index (χ1) is 23.3. The molecule has 0 saturated carbocycles. The normalized spacial score (nSPS) is 17.1. The number of hydrogen-bond acceptors (Lipinski definition) is 10. The van der Waals surface area contributed by atoms with E-state index in [0.29, 0.717) is 55.4 Å². The van der Waals surface area contributed by atoms with E-state index in [9.17, 15) is 14.4 Å². The molecule has 3 aromatic carbocycles. The van der Waals surface area contributed by atoms with Crippen LogP contribution in [0.1, 0.15) is 51.1 Å². The lowest BCUT2D eigenvalue weighted by atomic mass is 9.81. The van der Waals surface area contributed by atoms with Gasteiger partial charge >= 0.3 is 5.97 Å². The number of carbonyl (C=O) groups excluding carboxylic acids is 3. The number of para-hydroxylation sites is 2. The van der Waals surface area contributed by atoms with Gasteiger partial charge in [-0.3, -0.25) is 9.59 Å². The molecule has 1 aliphatic heterocycles. The summed E-state index contributed by atoms with van der Waals surface area (Å²) in [6.07, 6.45) is 1.59. The fraction of sp³-hybridized carbons (Fsp3) is 0.361. The van der Waals surface area contributed by atoms with Crippen molar-refractivity contribution in [3.05, 3.63) is 107 Å². The molecular weight excluding hydrogens is 618 g/mol. The Bertz CT molecular complexity index is 1530. The highest BCUT2D eigenvalue weighted by Crippen LogP contribution is 2.39. The predicted molar refractivity (Wildman–Crippen MR) is 179 cm³/mol. The molecule has 4 rings (SSSR count). The van der Waals surface area contributed by atoms with Crippen LogP contribution in [0.5, 0.6) is 0 Å². The van der Waals surface area contributed by atoms with Gasteiger partial charge in [-0.05, 0) is 66.9 Å². The van der Waals surface area contributed by atoms with E-state index in [2.05, 4.69) is 10.6 Å². The molecule has 0 saturated heterocycles. The number of carbonyl (C=O) groups is 3. The Balaban J connectivity index is 1.46. The highest BCUT2D eigenvalue weighted by molar-refractivity contribution is 6.05. The number of nitrogens with two attached hydrogens (primary N) is 1. The molecular formula is C36H43N3O9. The highest BCUT2D eigenvalue weighted by Gasteiger charge is 2.38. The Labute approximate surface area is 280 Å². The summed E-state index contributed by atoms with van der Waals surface area (Å²) in [5.74, 6) is -1.57. The van der Waals surface area contributed by atoms with Crippen LogP contribution in [0, 0.1) is 5.92 Å². The number of nitrogen functional groups attached to an aromatic ring is 1. The zero-order valence-electron chi connectivity index (χ0n) is 27.2. The molecule has 0 radical (unpaired) electrons. The zero-order valence-corrected chi connectivity index (χ0v) is 27.2. The first-order valence-corrected chi connectivity index (χ1v) is 15.8. The molecule has 0 aromatic heterocycles. The van der Waals surface area contributed by atoms with Crippen LogP contribution in [0.15, 0.2) is 84.6 Å². The molecule has 0 fully saturated rings. The van der Waals surface area contributed by atoms with Gasteiger partial charge in [-0.25, -0.2) is 4.79 Å². The van der Waals surface area contributed by atoms with Gasteiger partial charge in [-0.15, -0.1) is 0 Å². The van der Waals surface area contributed by atoms with Crippen LogP contribution in [0.3, 0.4) is 0 Å². The summed E-state index contributed by atoms with van der Waals surface area (Å²) >= 11 is 0. The number of anilines is 2. The minimum Gasteiger partial charge on any atom is -0.465 e. The zero-order chi connectivity index (χ0) is 34.3. The third kappa shape index (κ3) is 10.1. The fourth-order valence-electron chi connectivity index (χ4n) is 5.23. The largest absolute Gasteiger partial charge is 0.465 e. The van der Waals surface area contributed by atoms with Crippen molar-refractivity contribution >= 4 is 29.2 Å². The van der Waals surface area contributed by atoms with E-state index in [-0.39, 0.29) is 43.3 Å². The topological polar surface area (TPSA) is 168 Å². The predicted octanol–water partition coefficient (Wildman–Crippen LogP) is 4.02. The van der Waals surface area contributed by atoms with E-state index < -0.39 is 18.2 Å². The fourth-order valence-corrected chi connectivity index (χ4v) is 5.23. The van der Waals surface area contributed by atoms with Crippen LogP contribution in [0.4, 0.5) is 11.4 Å². The highest BCUT2D eigenvalue weighted by atomic mass is 16.7. The molecule has 48 heavy (non-hydrogen) atoms. The maximum Gasteiger partial charge on any atom is 0.337 e. The van der Waals surface area contributed by atoms with Crippen LogP contribution in [0.25, 0.3) is 0 Å². The molecule has 1 aliphatic rings. The smallest absolute Gasteiger partial charge is 0.337 e. The summed E-state index contributed by atoms with van der Waals surface area (Å²) in [6, 6.07) is 20.9. The maximum atomic E-state index is 13.4. The number of hydrogen-bond donors (Lipinski definition) is 4. The van der Waals surface area contributed by atoms with Gasteiger partial charge in [0, 0.05) is 37.2 Å². The van der Waals surface area contributed by atoms with Gasteiger partial charge in [0.05, 0.1) is 50.5 Å². The van der Waals surface area contributed by atoms with E-state index >= 15 is 0 Å². The second kappa shape index (κ2) is 18.6. The third-order valence-corrected chi connectivity index (χ3v) is 7.74. The molecule has 0 bridgehead atoms. The monoisotopic (exact) mass is 661 g/mol. The first-order valence-electron chi connectivity index (χ1n) is 15.8. The number of rotatable bonds is 17. The van der Waals surface area contributed by atoms with Gasteiger partial charge < -0.3 is 45.2 Å². The number of nitrogens with one attached hydrogen (secondary N) is 2. The van der Waals surface area contributed by atoms with Crippen molar-refractivity contribution in [2.45, 2.75) is 32.1 Å².